The predicted molar refractivity (Wildman–Crippen MR) is 186 cm³/mol. The Kier molecular flexibility index (Phi) is 26.5. The van der Waals surface area contributed by atoms with Gasteiger partial charge in [0.1, 0.15) is 20.5 Å². The van der Waals surface area contributed by atoms with E-state index in [9.17, 15) is 4.32 Å². The molecule has 0 radical (unpaired) electrons. The SMILES string of the molecule is CCCC[N+](CCCC)(CCCC)Cc1ccccc1.CCCC[N+](CCCC)(CCCC)Cc1ccccc1.[O-]B([O-])F. The molecule has 44 heavy (non-hydrogen) atoms. The number of rotatable bonds is 22. The highest BCUT2D eigenvalue weighted by Gasteiger charge is 2.27. The lowest BCUT2D eigenvalue weighted by Crippen LogP contribution is -2.49. The van der Waals surface area contributed by atoms with Crippen LogP contribution in [0.5, 0.6) is 0 Å². The number of hydrogen-bond donors (Lipinski definition) is 0. The summed E-state index contributed by atoms with van der Waals surface area (Å²) in [5.74, 6) is 0. The minimum absolute atomic E-state index is 1.22. The van der Waals surface area contributed by atoms with Crippen LogP contribution in [0.25, 0.3) is 0 Å². The lowest BCUT2D eigenvalue weighted by Gasteiger charge is -2.39. The van der Waals surface area contributed by atoms with Gasteiger partial charge in [-0.1, -0.05) is 141 Å². The Morgan fingerprint density at radius 1 is 0.455 bits per heavy atom. The third-order valence-electron chi connectivity index (χ3n) is 8.64. The number of nitrogens with zero attached hydrogens (tertiary/aromatic N) is 2. The zero-order valence-corrected chi connectivity index (χ0v) is 29.6. The van der Waals surface area contributed by atoms with Crippen LogP contribution in [-0.2, 0) is 13.1 Å². The first kappa shape index (κ1) is 42.3. The van der Waals surface area contributed by atoms with Gasteiger partial charge in [0, 0.05) is 11.1 Å². The summed E-state index contributed by atoms with van der Waals surface area (Å²) in [6.45, 7) is 24.5. The molecule has 2 rings (SSSR count). The van der Waals surface area contributed by atoms with Gasteiger partial charge in [-0.05, 0) is 38.5 Å². The van der Waals surface area contributed by atoms with Crippen LogP contribution in [0.2, 0.25) is 0 Å². The number of benzene rings is 2. The Morgan fingerprint density at radius 2 is 0.659 bits per heavy atom. The molecule has 252 valence electrons. The van der Waals surface area contributed by atoms with E-state index in [1.807, 2.05) is 0 Å². The summed E-state index contributed by atoms with van der Waals surface area (Å²) in [7, 11) is -3.17. The number of halogens is 1. The van der Waals surface area contributed by atoms with Crippen LogP contribution in [0.1, 0.15) is 130 Å². The van der Waals surface area contributed by atoms with E-state index in [2.05, 4.69) is 102 Å². The average molecular weight is 615 g/mol. The van der Waals surface area contributed by atoms with E-state index in [0.29, 0.717) is 0 Å². The van der Waals surface area contributed by atoms with Crippen LogP contribution >= 0.6 is 0 Å². The fraction of sp³-hybridized carbons (Fsp3) is 0.684. The van der Waals surface area contributed by atoms with Crippen molar-refractivity contribution in [3.8, 4) is 0 Å². The lowest BCUT2D eigenvalue weighted by molar-refractivity contribution is -0.941. The van der Waals surface area contributed by atoms with E-state index in [-0.39, 0.29) is 0 Å². The van der Waals surface area contributed by atoms with Crippen molar-refractivity contribution in [3.05, 3.63) is 71.8 Å². The zero-order chi connectivity index (χ0) is 32.9. The van der Waals surface area contributed by atoms with Crippen LogP contribution in [0.15, 0.2) is 60.7 Å². The highest BCUT2D eigenvalue weighted by Crippen LogP contribution is 2.21. The monoisotopic (exact) mass is 615 g/mol. The number of quaternary nitrogens is 2. The van der Waals surface area contributed by atoms with E-state index in [1.54, 1.807) is 0 Å². The quantitative estimate of drug-likeness (QED) is 0.0987. The molecule has 2 aromatic carbocycles. The second-order valence-electron chi connectivity index (χ2n) is 12.7. The van der Waals surface area contributed by atoms with Gasteiger partial charge in [0.25, 0.3) is 0 Å². The predicted octanol–water partition coefficient (Wildman–Crippen LogP) is 8.47. The molecule has 0 saturated carbocycles. The highest BCUT2D eigenvalue weighted by atomic mass is 19.1. The van der Waals surface area contributed by atoms with Crippen molar-refractivity contribution < 1.29 is 23.3 Å². The van der Waals surface area contributed by atoms with Crippen molar-refractivity contribution in [1.82, 2.24) is 0 Å². The largest absolute Gasteiger partial charge is 0.867 e. The summed E-state index contributed by atoms with van der Waals surface area (Å²) in [4.78, 5) is 0. The molecule has 4 nitrogen and oxygen atoms in total. The van der Waals surface area contributed by atoms with Crippen molar-refractivity contribution in [3.63, 3.8) is 0 Å². The van der Waals surface area contributed by atoms with E-state index >= 15 is 0 Å². The molecular formula is C38H68BFN2O2. The molecule has 0 fully saturated rings. The molecule has 0 saturated heterocycles. The van der Waals surface area contributed by atoms with Crippen molar-refractivity contribution >= 4 is 7.40 Å². The summed E-state index contributed by atoms with van der Waals surface area (Å²) in [5, 5.41) is 16.6. The van der Waals surface area contributed by atoms with Gasteiger partial charge in [0.2, 0.25) is 0 Å². The summed E-state index contributed by atoms with van der Waals surface area (Å²) in [6, 6.07) is 22.2. The van der Waals surface area contributed by atoms with Crippen LogP contribution < -0.4 is 10.0 Å². The first-order valence-electron chi connectivity index (χ1n) is 18.0. The minimum atomic E-state index is -3.17. The van der Waals surface area contributed by atoms with Gasteiger partial charge in [-0.2, -0.15) is 0 Å². The van der Waals surface area contributed by atoms with E-state index < -0.39 is 7.40 Å². The van der Waals surface area contributed by atoms with Crippen molar-refractivity contribution in [2.75, 3.05) is 39.3 Å². The molecule has 0 atom stereocenters. The van der Waals surface area contributed by atoms with Gasteiger partial charge < -0.3 is 23.3 Å². The summed E-state index contributed by atoms with van der Waals surface area (Å²) < 4.78 is 12.5. The molecule has 0 unspecified atom stereocenters. The van der Waals surface area contributed by atoms with E-state index in [0.717, 1.165) is 0 Å². The second kappa shape index (κ2) is 27.6. The standard InChI is InChI=1S/2C19H34N.BFO2/c2*1-4-7-15-20(16-8-5-2,17-9-6-3)18-19-13-11-10-12-14-19;2-1(3)4/h2*10-14H,4-9,15-18H2,1-3H3;/q2*+1;-2. The van der Waals surface area contributed by atoms with Crippen LogP contribution in [0.3, 0.4) is 0 Å². The highest BCUT2D eigenvalue weighted by molar-refractivity contribution is 6.27. The first-order valence-corrected chi connectivity index (χ1v) is 18.0. The van der Waals surface area contributed by atoms with Gasteiger partial charge in [-0.3, -0.25) is 0 Å². The normalized spacial score (nSPS) is 11.3. The molecule has 0 N–H and O–H groups in total. The summed E-state index contributed by atoms with van der Waals surface area (Å²) >= 11 is 0. The van der Waals surface area contributed by atoms with Crippen LogP contribution in [0, 0.1) is 0 Å². The van der Waals surface area contributed by atoms with Crippen molar-refractivity contribution in [1.29, 1.82) is 0 Å². The average Bonchev–Trinajstić information content (AvgIpc) is 3.03. The number of unbranched alkanes of at least 4 members (excludes halogenated alkanes) is 6. The third-order valence-corrected chi connectivity index (χ3v) is 8.64. The molecule has 6 heteroatoms. The maximum atomic E-state index is 9.89. The Morgan fingerprint density at radius 3 is 0.841 bits per heavy atom. The van der Waals surface area contributed by atoms with Crippen LogP contribution in [0.4, 0.5) is 4.32 Å². The van der Waals surface area contributed by atoms with E-state index in [1.165, 1.54) is 150 Å². The van der Waals surface area contributed by atoms with Gasteiger partial charge in [0.05, 0.1) is 39.3 Å². The van der Waals surface area contributed by atoms with Gasteiger partial charge in [-0.25, -0.2) is 0 Å². The summed E-state index contributed by atoms with van der Waals surface area (Å²) in [6.07, 6.45) is 16.0. The Bertz CT molecular complexity index is 754. The maximum absolute atomic E-state index is 9.89. The fourth-order valence-corrected chi connectivity index (χ4v) is 6.05. The topological polar surface area (TPSA) is 46.1 Å². The van der Waals surface area contributed by atoms with Gasteiger partial charge in [-0.15, -0.1) is 0 Å². The number of hydrogen-bond acceptors (Lipinski definition) is 2. The van der Waals surface area contributed by atoms with Gasteiger partial charge in [0.15, 0.2) is 0 Å². The molecule has 0 spiro atoms. The van der Waals surface area contributed by atoms with Crippen molar-refractivity contribution in [2.45, 2.75) is 132 Å². The molecule has 0 aliphatic rings. The Hall–Kier alpha value is -1.73. The first-order chi connectivity index (χ1) is 21.3. The molecular weight excluding hydrogens is 546 g/mol. The molecule has 2 aromatic rings. The lowest BCUT2D eigenvalue weighted by atomic mass is 10.1. The Balaban J connectivity index is 0.000000749. The van der Waals surface area contributed by atoms with E-state index in [4.69, 9.17) is 10.0 Å². The second-order valence-corrected chi connectivity index (χ2v) is 12.7. The maximum Gasteiger partial charge on any atom is 0.121 e. The molecule has 0 aliphatic carbocycles. The minimum Gasteiger partial charge on any atom is -0.867 e. The molecule has 0 aliphatic heterocycles. The van der Waals surface area contributed by atoms with Crippen molar-refractivity contribution in [2.24, 2.45) is 0 Å². The third kappa shape index (κ3) is 21.1. The molecule has 0 bridgehead atoms. The van der Waals surface area contributed by atoms with Crippen LogP contribution in [-0.4, -0.2) is 55.6 Å². The molecule has 0 heterocycles. The smallest absolute Gasteiger partial charge is 0.121 e. The molecule has 0 amide bonds. The molecule has 0 aromatic heterocycles. The fourth-order valence-electron chi connectivity index (χ4n) is 6.05. The van der Waals surface area contributed by atoms with Gasteiger partial charge >= 0.3 is 0 Å². The zero-order valence-electron chi connectivity index (χ0n) is 29.6. The Labute approximate surface area is 273 Å². The summed E-state index contributed by atoms with van der Waals surface area (Å²) in [5.41, 5.74) is 3.02.